The normalized spacial score (nSPS) is 19.3. The van der Waals surface area contributed by atoms with Gasteiger partial charge in [0, 0.05) is 18.5 Å². The van der Waals surface area contributed by atoms with Crippen molar-refractivity contribution < 1.29 is 37.7 Å². The molecule has 2 unspecified atom stereocenters. The average molecular weight is 725 g/mol. The number of hydrogen-bond donors (Lipinski definition) is 1. The number of rotatable bonds is 12. The van der Waals surface area contributed by atoms with Crippen LogP contribution in [-0.2, 0) is 20.7 Å². The van der Waals surface area contributed by atoms with E-state index in [2.05, 4.69) is 10.2 Å². The highest BCUT2D eigenvalue weighted by Crippen LogP contribution is 2.36. The fourth-order valence-electron chi connectivity index (χ4n) is 6.49. The largest absolute Gasteiger partial charge is 0.619 e. The Bertz CT molecular complexity index is 1830. The Morgan fingerprint density at radius 1 is 0.960 bits per heavy atom. The van der Waals surface area contributed by atoms with Gasteiger partial charge in [-0.1, -0.05) is 59.6 Å². The molecule has 3 saturated heterocycles. The first-order valence-electron chi connectivity index (χ1n) is 16.2. The number of pyridine rings is 1. The number of carbonyl (C=O) groups excluding carboxylic acids is 2. The molecule has 3 aliphatic heterocycles. The van der Waals surface area contributed by atoms with Crippen LogP contribution in [0.15, 0.2) is 79.1 Å². The van der Waals surface area contributed by atoms with Crippen molar-refractivity contribution in [1.29, 1.82) is 0 Å². The number of hydrogen-bond acceptors (Lipinski definition) is 9. The SMILES string of the molecule is COc1ccc(C(Cc2c(Cl)c[n+]([O-])cc2Cl)OC(=O)c2ccc(NC(C(=O)O[C@H]3CN4CCC3CC4)c3ccccc3)c(F)c2)cc1OC. The van der Waals surface area contributed by atoms with Crippen LogP contribution in [0.5, 0.6) is 11.5 Å². The third-order valence-corrected chi connectivity index (χ3v) is 9.86. The number of anilines is 1. The highest BCUT2D eigenvalue weighted by atomic mass is 35.5. The second kappa shape index (κ2) is 15.5. The molecule has 0 spiro atoms. The minimum atomic E-state index is -0.985. The van der Waals surface area contributed by atoms with E-state index in [0.717, 1.165) is 44.4 Å². The lowest BCUT2D eigenvalue weighted by Crippen LogP contribution is -2.52. The molecule has 3 fully saturated rings. The van der Waals surface area contributed by atoms with Gasteiger partial charge in [-0.25, -0.2) is 14.0 Å². The van der Waals surface area contributed by atoms with Crippen LogP contribution in [-0.4, -0.2) is 56.8 Å². The second-order valence-corrected chi connectivity index (χ2v) is 13.1. The molecular weight excluding hydrogens is 688 g/mol. The lowest BCUT2D eigenvalue weighted by Gasteiger charge is -2.44. The highest BCUT2D eigenvalue weighted by molar-refractivity contribution is 6.35. The van der Waals surface area contributed by atoms with Crippen molar-refractivity contribution in [1.82, 2.24) is 4.90 Å². The minimum Gasteiger partial charge on any atom is -0.619 e. The molecule has 262 valence electrons. The third kappa shape index (κ3) is 7.90. The number of benzene rings is 3. The smallest absolute Gasteiger partial charge is 0.338 e. The van der Waals surface area contributed by atoms with E-state index in [0.29, 0.717) is 45.4 Å². The number of nitrogens with zero attached hydrogens (tertiary/aromatic N) is 2. The Labute approximate surface area is 299 Å². The monoisotopic (exact) mass is 723 g/mol. The Hall–Kier alpha value is -4.58. The van der Waals surface area contributed by atoms with E-state index in [-0.39, 0.29) is 33.8 Å². The molecule has 3 aliphatic rings. The minimum absolute atomic E-state index is 0.00600. The summed E-state index contributed by atoms with van der Waals surface area (Å²) in [6, 6.07) is 16.8. The van der Waals surface area contributed by atoms with E-state index in [1.807, 2.05) is 6.07 Å². The van der Waals surface area contributed by atoms with Crippen LogP contribution in [0.3, 0.4) is 0 Å². The predicted octanol–water partition coefficient (Wildman–Crippen LogP) is 6.71. The molecule has 0 amide bonds. The zero-order valence-corrected chi connectivity index (χ0v) is 29.0. The molecule has 4 heterocycles. The number of nitrogens with one attached hydrogen (secondary N) is 1. The molecule has 0 aliphatic carbocycles. The van der Waals surface area contributed by atoms with Crippen molar-refractivity contribution in [2.24, 2.45) is 5.92 Å². The van der Waals surface area contributed by atoms with Gasteiger partial charge in [0.2, 0.25) is 0 Å². The number of piperidine rings is 3. The Kier molecular flexibility index (Phi) is 11.0. The van der Waals surface area contributed by atoms with Gasteiger partial charge in [0.15, 0.2) is 29.9 Å². The summed E-state index contributed by atoms with van der Waals surface area (Å²) in [6.45, 7) is 2.70. The number of carbonyl (C=O) groups is 2. The van der Waals surface area contributed by atoms with Crippen molar-refractivity contribution in [2.45, 2.75) is 37.5 Å². The summed E-state index contributed by atoms with van der Waals surface area (Å²) in [5.41, 5.74) is 1.42. The van der Waals surface area contributed by atoms with Crippen LogP contribution in [0.4, 0.5) is 10.1 Å². The summed E-state index contributed by atoms with van der Waals surface area (Å²) in [4.78, 5) is 29.4. The zero-order chi connectivity index (χ0) is 35.4. The number of fused-ring (bicyclic) bond motifs is 3. The average Bonchev–Trinajstić information content (AvgIpc) is 3.12. The summed E-state index contributed by atoms with van der Waals surface area (Å²) < 4.78 is 38.9. The van der Waals surface area contributed by atoms with E-state index in [1.54, 1.807) is 42.5 Å². The molecule has 1 aromatic heterocycles. The third-order valence-electron chi connectivity index (χ3n) is 9.21. The number of halogens is 3. The maximum Gasteiger partial charge on any atom is 0.338 e. The van der Waals surface area contributed by atoms with Gasteiger partial charge < -0.3 is 29.5 Å². The maximum absolute atomic E-state index is 15.7. The zero-order valence-electron chi connectivity index (χ0n) is 27.4. The number of ether oxygens (including phenoxy) is 4. The number of methoxy groups -OCH3 is 2. The molecule has 4 aromatic rings. The Morgan fingerprint density at radius 3 is 2.28 bits per heavy atom. The van der Waals surface area contributed by atoms with Gasteiger partial charge in [0.1, 0.15) is 28.1 Å². The van der Waals surface area contributed by atoms with Crippen molar-refractivity contribution in [2.75, 3.05) is 39.2 Å². The standard InChI is InChI=1S/C37H36Cl2FN3O7/c1-47-31-11-9-24(17-33(31)48-2)32(18-26-27(38)19-43(46)20-28(26)39)49-36(44)25-8-10-30(29(40)16-25)41-35(23-6-4-3-5-7-23)37(45)50-34-21-42-14-12-22(34)13-15-42/h3-11,16-17,19-20,22,32,34-35,41H,12-15,18,21H2,1-2H3/t32?,34-,35?/m0/s1. The molecule has 50 heavy (non-hydrogen) atoms. The molecule has 0 radical (unpaired) electrons. The lowest BCUT2D eigenvalue weighted by atomic mass is 9.86. The predicted molar refractivity (Wildman–Crippen MR) is 185 cm³/mol. The van der Waals surface area contributed by atoms with Crippen molar-refractivity contribution in [3.63, 3.8) is 0 Å². The summed E-state index contributed by atoms with van der Waals surface area (Å²) in [5, 5.41) is 15.0. The molecule has 13 heteroatoms. The topological polar surface area (TPSA) is 113 Å². The van der Waals surface area contributed by atoms with E-state index in [1.165, 1.54) is 26.4 Å². The van der Waals surface area contributed by atoms with E-state index < -0.39 is 29.9 Å². The van der Waals surface area contributed by atoms with Crippen LogP contribution < -0.4 is 19.5 Å². The quantitative estimate of drug-likeness (QED) is 0.0968. The summed E-state index contributed by atoms with van der Waals surface area (Å²) in [6.07, 6.45) is 3.03. The van der Waals surface area contributed by atoms with Gasteiger partial charge in [-0.05, 0) is 73.3 Å². The fourth-order valence-corrected chi connectivity index (χ4v) is 7.09. The van der Waals surface area contributed by atoms with Crippen molar-refractivity contribution in [3.05, 3.63) is 122 Å². The van der Waals surface area contributed by atoms with E-state index >= 15 is 4.39 Å². The van der Waals surface area contributed by atoms with Crippen LogP contribution in [0.1, 0.15) is 52.0 Å². The Morgan fingerprint density at radius 2 is 1.66 bits per heavy atom. The molecule has 7 rings (SSSR count). The lowest BCUT2D eigenvalue weighted by molar-refractivity contribution is -0.605. The first-order valence-corrected chi connectivity index (χ1v) is 16.9. The Balaban J connectivity index is 1.23. The molecule has 3 atom stereocenters. The van der Waals surface area contributed by atoms with Crippen molar-refractivity contribution >= 4 is 40.8 Å². The molecule has 3 aromatic carbocycles. The van der Waals surface area contributed by atoms with Gasteiger partial charge in [-0.3, -0.25) is 4.90 Å². The van der Waals surface area contributed by atoms with E-state index in [4.69, 9.17) is 42.1 Å². The second-order valence-electron chi connectivity index (χ2n) is 12.3. The van der Waals surface area contributed by atoms with Gasteiger partial charge in [-0.15, -0.1) is 0 Å². The molecule has 0 saturated carbocycles. The molecular formula is C37H36Cl2FN3O7. The van der Waals surface area contributed by atoms with Crippen LogP contribution >= 0.6 is 23.2 Å². The van der Waals surface area contributed by atoms with Gasteiger partial charge in [0.25, 0.3) is 0 Å². The van der Waals surface area contributed by atoms with Gasteiger partial charge in [0.05, 0.1) is 25.5 Å². The maximum atomic E-state index is 15.7. The van der Waals surface area contributed by atoms with Gasteiger partial charge in [-0.2, -0.15) is 4.73 Å². The highest BCUT2D eigenvalue weighted by Gasteiger charge is 2.38. The summed E-state index contributed by atoms with van der Waals surface area (Å²) in [7, 11) is 2.96. The van der Waals surface area contributed by atoms with Crippen LogP contribution in [0.25, 0.3) is 0 Å². The molecule has 2 bridgehead atoms. The van der Waals surface area contributed by atoms with Crippen LogP contribution in [0, 0.1) is 16.9 Å². The van der Waals surface area contributed by atoms with Crippen molar-refractivity contribution in [3.8, 4) is 11.5 Å². The number of aromatic nitrogens is 1. The first-order chi connectivity index (χ1) is 24.1. The van der Waals surface area contributed by atoms with Gasteiger partial charge >= 0.3 is 11.9 Å². The first kappa shape index (κ1) is 35.3. The molecule has 10 nitrogen and oxygen atoms in total. The summed E-state index contributed by atoms with van der Waals surface area (Å²) >= 11 is 12.7. The fraction of sp³-hybridized carbons (Fsp3) is 0.324. The van der Waals surface area contributed by atoms with E-state index in [9.17, 15) is 14.8 Å². The molecule has 1 N–H and O–H groups in total. The van der Waals surface area contributed by atoms with Crippen LogP contribution in [0.2, 0.25) is 10.0 Å². The summed E-state index contributed by atoms with van der Waals surface area (Å²) in [5.74, 6) is -0.962. The number of esters is 2.